The molecule has 0 aromatic heterocycles. The van der Waals surface area contributed by atoms with E-state index >= 15 is 0 Å². The van der Waals surface area contributed by atoms with E-state index in [1.165, 1.54) is 0 Å². The largest absolute Gasteiger partial charge is 0.229 e. The Morgan fingerprint density at radius 3 is 2.50 bits per heavy atom. The third-order valence-electron chi connectivity index (χ3n) is 4.61. The summed E-state index contributed by atoms with van der Waals surface area (Å²) >= 11 is 0. The van der Waals surface area contributed by atoms with E-state index in [-0.39, 0.29) is 10.7 Å². The van der Waals surface area contributed by atoms with Gasteiger partial charge in [-0.3, -0.25) is 0 Å². The second-order valence-corrected chi connectivity index (χ2v) is 7.78. The van der Waals surface area contributed by atoms with E-state index < -0.39 is 9.84 Å². The molecule has 2 rings (SSSR count). The monoisotopic (exact) mass is 216 g/mol. The second kappa shape index (κ2) is 2.97. The summed E-state index contributed by atoms with van der Waals surface area (Å²) in [4.78, 5) is 0. The highest BCUT2D eigenvalue weighted by Crippen LogP contribution is 2.54. The van der Waals surface area contributed by atoms with Crippen LogP contribution in [0, 0.1) is 17.3 Å². The molecule has 0 spiro atoms. The SMILES string of the molecule is CC(C)C1(C)CCC2CCS(=O)(=O)C21. The van der Waals surface area contributed by atoms with E-state index in [1.54, 1.807) is 0 Å². The minimum atomic E-state index is -2.78. The fourth-order valence-corrected chi connectivity index (χ4v) is 6.34. The van der Waals surface area contributed by atoms with Crippen LogP contribution in [0.15, 0.2) is 0 Å². The maximum atomic E-state index is 12.0. The Labute approximate surface area is 87.0 Å². The Morgan fingerprint density at radius 1 is 1.29 bits per heavy atom. The molecule has 0 aromatic carbocycles. The van der Waals surface area contributed by atoms with Gasteiger partial charge < -0.3 is 0 Å². The van der Waals surface area contributed by atoms with E-state index in [2.05, 4.69) is 20.8 Å². The summed E-state index contributed by atoms with van der Waals surface area (Å²) in [5.74, 6) is 1.38. The first-order valence-electron chi connectivity index (χ1n) is 5.59. The lowest BCUT2D eigenvalue weighted by Gasteiger charge is -2.34. The first-order valence-corrected chi connectivity index (χ1v) is 7.31. The molecule has 14 heavy (non-hydrogen) atoms. The van der Waals surface area contributed by atoms with Gasteiger partial charge >= 0.3 is 0 Å². The maximum absolute atomic E-state index is 12.0. The van der Waals surface area contributed by atoms with Crippen LogP contribution in [0.25, 0.3) is 0 Å². The summed E-state index contributed by atoms with van der Waals surface area (Å²) in [5.41, 5.74) is 0.0417. The minimum Gasteiger partial charge on any atom is -0.229 e. The van der Waals surface area contributed by atoms with Crippen molar-refractivity contribution in [2.24, 2.45) is 17.3 Å². The standard InChI is InChI=1S/C11H20O2S/c1-8(2)11(3)6-4-9-5-7-14(12,13)10(9)11/h8-10H,4-7H2,1-3H3. The second-order valence-electron chi connectivity index (χ2n) is 5.54. The number of hydrogen-bond donors (Lipinski definition) is 0. The zero-order valence-electron chi connectivity index (χ0n) is 9.29. The van der Waals surface area contributed by atoms with Crippen molar-refractivity contribution >= 4 is 9.84 Å². The third kappa shape index (κ3) is 1.24. The van der Waals surface area contributed by atoms with Crippen LogP contribution in [-0.4, -0.2) is 19.4 Å². The number of fused-ring (bicyclic) bond motifs is 1. The van der Waals surface area contributed by atoms with Crippen LogP contribution in [0.1, 0.15) is 40.0 Å². The lowest BCUT2D eigenvalue weighted by atomic mass is 9.76. The van der Waals surface area contributed by atoms with Gasteiger partial charge in [-0.25, -0.2) is 8.42 Å². The molecule has 0 N–H and O–H groups in total. The number of rotatable bonds is 1. The Kier molecular flexibility index (Phi) is 2.22. The summed E-state index contributed by atoms with van der Waals surface area (Å²) in [6.07, 6.45) is 3.13. The van der Waals surface area contributed by atoms with Crippen LogP contribution < -0.4 is 0 Å². The number of sulfone groups is 1. The van der Waals surface area contributed by atoms with Crippen LogP contribution in [-0.2, 0) is 9.84 Å². The van der Waals surface area contributed by atoms with Crippen molar-refractivity contribution in [2.75, 3.05) is 5.75 Å². The first kappa shape index (κ1) is 10.5. The van der Waals surface area contributed by atoms with Crippen LogP contribution in [0.4, 0.5) is 0 Å². The molecule has 1 saturated carbocycles. The van der Waals surface area contributed by atoms with Crippen molar-refractivity contribution in [1.29, 1.82) is 0 Å². The third-order valence-corrected chi connectivity index (χ3v) is 7.11. The maximum Gasteiger partial charge on any atom is 0.153 e. The molecule has 1 heterocycles. The summed E-state index contributed by atoms with van der Waals surface area (Å²) in [5, 5.41) is -0.0324. The number of hydrogen-bond acceptors (Lipinski definition) is 2. The fourth-order valence-electron chi connectivity index (χ4n) is 3.39. The molecule has 82 valence electrons. The van der Waals surface area contributed by atoms with E-state index in [0.717, 1.165) is 19.3 Å². The van der Waals surface area contributed by atoms with Crippen molar-refractivity contribution in [2.45, 2.75) is 45.3 Å². The fraction of sp³-hybridized carbons (Fsp3) is 1.00. The summed E-state index contributed by atoms with van der Waals surface area (Å²) in [6, 6.07) is 0. The highest BCUT2D eigenvalue weighted by molar-refractivity contribution is 7.92. The van der Waals surface area contributed by atoms with Gasteiger partial charge in [-0.05, 0) is 36.5 Å². The van der Waals surface area contributed by atoms with Gasteiger partial charge in [0.05, 0.1) is 11.0 Å². The van der Waals surface area contributed by atoms with Crippen molar-refractivity contribution in [3.05, 3.63) is 0 Å². The summed E-state index contributed by atoms with van der Waals surface area (Å²) in [6.45, 7) is 6.50. The van der Waals surface area contributed by atoms with Gasteiger partial charge in [0.2, 0.25) is 0 Å². The Morgan fingerprint density at radius 2 is 1.93 bits per heavy atom. The van der Waals surface area contributed by atoms with Gasteiger partial charge in [0, 0.05) is 0 Å². The van der Waals surface area contributed by atoms with E-state index in [0.29, 0.717) is 17.6 Å². The average molecular weight is 216 g/mol. The summed E-state index contributed by atoms with van der Waals surface area (Å²) in [7, 11) is -2.78. The van der Waals surface area contributed by atoms with Crippen LogP contribution >= 0.6 is 0 Å². The van der Waals surface area contributed by atoms with Crippen molar-refractivity contribution in [3.8, 4) is 0 Å². The van der Waals surface area contributed by atoms with Gasteiger partial charge in [-0.15, -0.1) is 0 Å². The Bertz CT molecular complexity index is 331. The molecule has 0 radical (unpaired) electrons. The molecular formula is C11H20O2S. The molecule has 3 unspecified atom stereocenters. The van der Waals surface area contributed by atoms with Gasteiger partial charge in [0.15, 0.2) is 9.84 Å². The van der Waals surface area contributed by atoms with E-state index in [1.807, 2.05) is 0 Å². The highest BCUT2D eigenvalue weighted by Gasteiger charge is 2.56. The van der Waals surface area contributed by atoms with Gasteiger partial charge in [-0.2, -0.15) is 0 Å². The van der Waals surface area contributed by atoms with Gasteiger partial charge in [0.25, 0.3) is 0 Å². The van der Waals surface area contributed by atoms with Crippen molar-refractivity contribution < 1.29 is 8.42 Å². The molecule has 3 atom stereocenters. The molecule has 0 bridgehead atoms. The smallest absolute Gasteiger partial charge is 0.153 e. The topological polar surface area (TPSA) is 34.1 Å². The lowest BCUT2D eigenvalue weighted by Crippen LogP contribution is -2.38. The zero-order chi connectivity index (χ0) is 10.6. The zero-order valence-corrected chi connectivity index (χ0v) is 10.1. The van der Waals surface area contributed by atoms with Crippen LogP contribution in [0.5, 0.6) is 0 Å². The molecule has 1 aliphatic heterocycles. The Balaban J connectivity index is 2.41. The molecule has 1 aliphatic carbocycles. The Hall–Kier alpha value is -0.0500. The quantitative estimate of drug-likeness (QED) is 0.673. The highest BCUT2D eigenvalue weighted by atomic mass is 32.2. The average Bonchev–Trinajstić information content (AvgIpc) is 2.55. The molecule has 2 nitrogen and oxygen atoms in total. The normalized spacial score (nSPS) is 45.7. The van der Waals surface area contributed by atoms with Crippen LogP contribution in [0.2, 0.25) is 0 Å². The molecule has 2 aliphatic rings. The predicted molar refractivity (Wildman–Crippen MR) is 57.9 cm³/mol. The van der Waals surface area contributed by atoms with Gasteiger partial charge in [-0.1, -0.05) is 20.8 Å². The summed E-state index contributed by atoms with van der Waals surface area (Å²) < 4.78 is 23.9. The molecule has 1 saturated heterocycles. The molecular weight excluding hydrogens is 196 g/mol. The molecule has 2 fully saturated rings. The molecule has 3 heteroatoms. The van der Waals surface area contributed by atoms with Crippen LogP contribution in [0.3, 0.4) is 0 Å². The van der Waals surface area contributed by atoms with E-state index in [9.17, 15) is 8.42 Å². The molecule has 0 amide bonds. The lowest BCUT2D eigenvalue weighted by molar-refractivity contribution is 0.225. The van der Waals surface area contributed by atoms with Gasteiger partial charge in [0.1, 0.15) is 0 Å². The van der Waals surface area contributed by atoms with Crippen molar-refractivity contribution in [1.82, 2.24) is 0 Å². The molecule has 0 aromatic rings. The predicted octanol–water partition coefficient (Wildman–Crippen LogP) is 2.25. The first-order chi connectivity index (χ1) is 6.38. The van der Waals surface area contributed by atoms with Crippen molar-refractivity contribution in [3.63, 3.8) is 0 Å². The minimum absolute atomic E-state index is 0.0324. The van der Waals surface area contributed by atoms with E-state index in [4.69, 9.17) is 0 Å².